The molecule has 3 nitrogen and oxygen atoms in total. The molecule has 0 bridgehead atoms. The summed E-state index contributed by atoms with van der Waals surface area (Å²) in [4.78, 5) is 12.0. The normalized spacial score (nSPS) is 17.1. The molecule has 3 heteroatoms. The van der Waals surface area contributed by atoms with E-state index >= 15 is 0 Å². The molecule has 0 atom stereocenters. The van der Waals surface area contributed by atoms with Gasteiger partial charge in [0.15, 0.2) is 0 Å². The van der Waals surface area contributed by atoms with Crippen LogP contribution in [0.25, 0.3) is 21.8 Å². The smallest absolute Gasteiger partial charge is 0.314 e. The lowest BCUT2D eigenvalue weighted by Gasteiger charge is -2.24. The van der Waals surface area contributed by atoms with Crippen molar-refractivity contribution in [2.45, 2.75) is 51.0 Å². The number of fused-ring (bicyclic) bond motifs is 3. The fourth-order valence-corrected chi connectivity index (χ4v) is 4.46. The third kappa shape index (κ3) is 2.00. The molecular weight excluding hydrogens is 298 g/mol. The summed E-state index contributed by atoms with van der Waals surface area (Å²) in [5, 5.41) is 12.3. The number of carbonyl (C=O) groups is 1. The van der Waals surface area contributed by atoms with E-state index in [1.165, 1.54) is 21.8 Å². The Morgan fingerprint density at radius 1 is 1.04 bits per heavy atom. The Hall–Kier alpha value is -2.29. The van der Waals surface area contributed by atoms with Crippen molar-refractivity contribution in [2.24, 2.45) is 0 Å². The average molecular weight is 321 g/mol. The molecule has 124 valence electrons. The molecule has 4 rings (SSSR count). The fourth-order valence-electron chi connectivity index (χ4n) is 4.46. The summed E-state index contributed by atoms with van der Waals surface area (Å²) in [5.41, 5.74) is 2.67. The summed E-state index contributed by atoms with van der Waals surface area (Å²) in [7, 11) is 0. The molecule has 24 heavy (non-hydrogen) atoms. The molecule has 1 N–H and O–H groups in total. The second-order valence-electron chi connectivity index (χ2n) is 7.31. The van der Waals surface area contributed by atoms with E-state index < -0.39 is 11.4 Å². The van der Waals surface area contributed by atoms with Gasteiger partial charge in [-0.1, -0.05) is 37.1 Å². The van der Waals surface area contributed by atoms with Gasteiger partial charge in [-0.15, -0.1) is 0 Å². The van der Waals surface area contributed by atoms with Crippen molar-refractivity contribution in [1.82, 2.24) is 4.57 Å². The Labute approximate surface area is 141 Å². The van der Waals surface area contributed by atoms with Crippen molar-refractivity contribution in [1.29, 1.82) is 0 Å². The molecule has 1 aliphatic carbocycles. The molecule has 2 aromatic carbocycles. The SMILES string of the molecule is CC(C)n1c2ccccc2c2cc(C3(C(=O)O)CCCC3)ccc21. The lowest BCUT2D eigenvalue weighted by atomic mass is 9.78. The van der Waals surface area contributed by atoms with Gasteiger partial charge >= 0.3 is 5.97 Å². The van der Waals surface area contributed by atoms with Crippen LogP contribution in [0.15, 0.2) is 42.5 Å². The van der Waals surface area contributed by atoms with Gasteiger partial charge in [0.05, 0.1) is 5.41 Å². The van der Waals surface area contributed by atoms with E-state index in [2.05, 4.69) is 54.8 Å². The Kier molecular flexibility index (Phi) is 3.41. The first-order valence-corrected chi connectivity index (χ1v) is 8.81. The number of aromatic nitrogens is 1. The number of benzene rings is 2. The van der Waals surface area contributed by atoms with Gasteiger partial charge in [0.1, 0.15) is 0 Å². The first kappa shape index (κ1) is 15.3. The highest BCUT2D eigenvalue weighted by molar-refractivity contribution is 6.08. The molecule has 0 aliphatic heterocycles. The monoisotopic (exact) mass is 321 g/mol. The van der Waals surface area contributed by atoms with Crippen LogP contribution in [0.3, 0.4) is 0 Å². The molecule has 0 radical (unpaired) electrons. The van der Waals surface area contributed by atoms with Crippen molar-refractivity contribution in [3.8, 4) is 0 Å². The van der Waals surface area contributed by atoms with Gasteiger partial charge in [0.25, 0.3) is 0 Å². The summed E-state index contributed by atoms with van der Waals surface area (Å²) in [6.45, 7) is 4.38. The van der Waals surface area contributed by atoms with E-state index in [-0.39, 0.29) is 0 Å². The van der Waals surface area contributed by atoms with E-state index in [0.29, 0.717) is 6.04 Å². The average Bonchev–Trinajstić information content (AvgIpc) is 3.18. The van der Waals surface area contributed by atoms with Gasteiger partial charge in [-0.25, -0.2) is 0 Å². The standard InChI is InChI=1S/C21H23NO2/c1-14(2)22-18-8-4-3-7-16(18)17-13-15(9-10-19(17)22)21(20(23)24)11-5-6-12-21/h3-4,7-10,13-14H,5-6,11-12H2,1-2H3,(H,23,24). The molecule has 1 fully saturated rings. The number of para-hydroxylation sites is 1. The Morgan fingerprint density at radius 2 is 1.71 bits per heavy atom. The van der Waals surface area contributed by atoms with Crippen LogP contribution in [0, 0.1) is 0 Å². The van der Waals surface area contributed by atoms with Gasteiger partial charge in [0, 0.05) is 27.8 Å². The summed E-state index contributed by atoms with van der Waals surface area (Å²) in [6.07, 6.45) is 3.49. The van der Waals surface area contributed by atoms with Crippen molar-refractivity contribution < 1.29 is 9.90 Å². The van der Waals surface area contributed by atoms with Crippen LogP contribution in [0.1, 0.15) is 51.1 Å². The first-order chi connectivity index (χ1) is 11.5. The van der Waals surface area contributed by atoms with Crippen molar-refractivity contribution in [3.63, 3.8) is 0 Å². The van der Waals surface area contributed by atoms with Crippen LogP contribution in [-0.4, -0.2) is 15.6 Å². The third-order valence-electron chi connectivity index (χ3n) is 5.65. The van der Waals surface area contributed by atoms with Gasteiger partial charge < -0.3 is 9.67 Å². The zero-order valence-corrected chi connectivity index (χ0v) is 14.2. The maximum Gasteiger partial charge on any atom is 0.314 e. The van der Waals surface area contributed by atoms with E-state index in [1.54, 1.807) is 0 Å². The Balaban J connectivity index is 2.03. The van der Waals surface area contributed by atoms with Gasteiger partial charge in [0.2, 0.25) is 0 Å². The van der Waals surface area contributed by atoms with E-state index in [9.17, 15) is 9.90 Å². The molecule has 1 aliphatic rings. The highest BCUT2D eigenvalue weighted by Gasteiger charge is 2.43. The van der Waals surface area contributed by atoms with Crippen molar-refractivity contribution >= 4 is 27.8 Å². The summed E-state index contributed by atoms with van der Waals surface area (Å²) >= 11 is 0. The highest BCUT2D eigenvalue weighted by Crippen LogP contribution is 2.43. The second kappa shape index (κ2) is 5.37. The fraction of sp³-hybridized carbons (Fsp3) is 0.381. The number of aliphatic carboxylic acids is 1. The number of carboxylic acid groups (broad SMARTS) is 1. The molecule has 3 aromatic rings. The molecule has 0 amide bonds. The maximum atomic E-state index is 12.0. The minimum absolute atomic E-state index is 0.359. The molecule has 0 spiro atoms. The number of hydrogen-bond donors (Lipinski definition) is 1. The van der Waals surface area contributed by atoms with Crippen LogP contribution in [0.2, 0.25) is 0 Å². The van der Waals surface area contributed by atoms with Gasteiger partial charge in [-0.3, -0.25) is 4.79 Å². The quantitative estimate of drug-likeness (QED) is 0.714. The number of nitrogens with zero attached hydrogens (tertiary/aromatic N) is 1. The zero-order chi connectivity index (χ0) is 16.9. The molecule has 0 unspecified atom stereocenters. The van der Waals surface area contributed by atoms with E-state index in [0.717, 1.165) is 31.2 Å². The summed E-state index contributed by atoms with van der Waals surface area (Å²) < 4.78 is 2.34. The number of rotatable bonds is 3. The largest absolute Gasteiger partial charge is 0.481 e. The van der Waals surface area contributed by atoms with Crippen LogP contribution >= 0.6 is 0 Å². The van der Waals surface area contributed by atoms with Gasteiger partial charge in [-0.05, 0) is 50.5 Å². The Bertz CT molecular complexity index is 930. The molecule has 1 heterocycles. The zero-order valence-electron chi connectivity index (χ0n) is 14.2. The molecule has 0 saturated heterocycles. The topological polar surface area (TPSA) is 42.2 Å². The lowest BCUT2D eigenvalue weighted by molar-refractivity contribution is -0.143. The predicted molar refractivity (Wildman–Crippen MR) is 97.6 cm³/mol. The number of hydrogen-bond acceptors (Lipinski definition) is 1. The van der Waals surface area contributed by atoms with E-state index in [4.69, 9.17) is 0 Å². The Morgan fingerprint density at radius 3 is 2.38 bits per heavy atom. The van der Waals surface area contributed by atoms with E-state index in [1.807, 2.05) is 6.07 Å². The van der Waals surface area contributed by atoms with Gasteiger partial charge in [-0.2, -0.15) is 0 Å². The molecule has 1 aromatic heterocycles. The van der Waals surface area contributed by atoms with Crippen molar-refractivity contribution in [3.05, 3.63) is 48.0 Å². The lowest BCUT2D eigenvalue weighted by Crippen LogP contribution is -2.32. The number of carboxylic acids is 1. The summed E-state index contributed by atoms with van der Waals surface area (Å²) in [6, 6.07) is 15.1. The second-order valence-corrected chi connectivity index (χ2v) is 7.31. The summed E-state index contributed by atoms with van der Waals surface area (Å²) in [5.74, 6) is -0.674. The first-order valence-electron chi connectivity index (χ1n) is 8.81. The third-order valence-corrected chi connectivity index (χ3v) is 5.65. The molecule has 1 saturated carbocycles. The van der Waals surface area contributed by atoms with Crippen LogP contribution < -0.4 is 0 Å². The maximum absolute atomic E-state index is 12.0. The van der Waals surface area contributed by atoms with Crippen LogP contribution in [-0.2, 0) is 10.2 Å². The highest BCUT2D eigenvalue weighted by atomic mass is 16.4. The van der Waals surface area contributed by atoms with Crippen molar-refractivity contribution in [2.75, 3.05) is 0 Å². The van der Waals surface area contributed by atoms with Crippen LogP contribution in [0.4, 0.5) is 0 Å². The minimum atomic E-state index is -0.699. The molecular formula is C21H23NO2. The van der Waals surface area contributed by atoms with Crippen LogP contribution in [0.5, 0.6) is 0 Å². The predicted octanol–water partition coefficient (Wildman–Crippen LogP) is 5.27. The minimum Gasteiger partial charge on any atom is -0.481 e.